The second-order valence-electron chi connectivity index (χ2n) is 6.82. The topological polar surface area (TPSA) is 38.3 Å². The molecule has 1 aliphatic rings. The molecule has 0 spiro atoms. The summed E-state index contributed by atoms with van der Waals surface area (Å²) < 4.78 is 4.90. The molecule has 0 amide bonds. The minimum atomic E-state index is -0.0584. The molecule has 0 radical (unpaired) electrons. The Balaban J connectivity index is 1.94. The van der Waals surface area contributed by atoms with Crippen LogP contribution in [0.5, 0.6) is 0 Å². The Kier molecular flexibility index (Phi) is 5.84. The number of nitrogens with one attached hydrogen (secondary N) is 1. The van der Waals surface area contributed by atoms with E-state index in [-0.39, 0.29) is 5.97 Å². The van der Waals surface area contributed by atoms with Gasteiger partial charge in [-0.2, -0.15) is 0 Å². The number of carbonyl (C=O) groups is 1. The first kappa shape index (κ1) is 16.5. The van der Waals surface area contributed by atoms with Crippen LogP contribution in [0.25, 0.3) is 0 Å². The maximum Gasteiger partial charge on any atom is 0.305 e. The number of unbranched alkanes of at least 4 members (excludes halogenated alkanes) is 2. The molecular formula is C16H31NO2. The van der Waals surface area contributed by atoms with Crippen molar-refractivity contribution in [1.82, 2.24) is 5.32 Å². The van der Waals surface area contributed by atoms with Crippen LogP contribution >= 0.6 is 0 Å². The zero-order valence-corrected chi connectivity index (χ0v) is 13.3. The maximum atomic E-state index is 11.1. The average molecular weight is 269 g/mol. The number of esters is 1. The number of rotatable bonds is 9. The minimum Gasteiger partial charge on any atom is -0.466 e. The first-order chi connectivity index (χ1) is 8.84. The summed E-state index contributed by atoms with van der Waals surface area (Å²) in [4.78, 5) is 11.1. The van der Waals surface area contributed by atoms with Crippen LogP contribution in [-0.2, 0) is 9.53 Å². The van der Waals surface area contributed by atoms with E-state index in [1.807, 2.05) is 6.92 Å². The van der Waals surface area contributed by atoms with Crippen LogP contribution in [0, 0.1) is 16.7 Å². The third kappa shape index (κ3) is 4.20. The Morgan fingerprint density at radius 2 is 1.74 bits per heavy atom. The Morgan fingerprint density at radius 1 is 1.11 bits per heavy atom. The second-order valence-corrected chi connectivity index (χ2v) is 6.82. The first-order valence-electron chi connectivity index (χ1n) is 7.70. The van der Waals surface area contributed by atoms with Crippen molar-refractivity contribution in [3.8, 4) is 0 Å². The molecule has 1 fully saturated rings. The van der Waals surface area contributed by atoms with E-state index in [9.17, 15) is 4.79 Å². The minimum absolute atomic E-state index is 0.0584. The molecule has 19 heavy (non-hydrogen) atoms. The van der Waals surface area contributed by atoms with Crippen LogP contribution in [0.1, 0.15) is 60.3 Å². The molecule has 1 rings (SSSR count). The van der Waals surface area contributed by atoms with Gasteiger partial charge in [-0.1, -0.05) is 34.1 Å². The predicted molar refractivity (Wildman–Crippen MR) is 79.0 cm³/mol. The lowest BCUT2D eigenvalue weighted by atomic mass is 10.0. The fourth-order valence-electron chi connectivity index (χ4n) is 3.02. The number of carbonyl (C=O) groups excluding carboxylic acids is 1. The number of hydrogen-bond acceptors (Lipinski definition) is 3. The lowest BCUT2D eigenvalue weighted by Crippen LogP contribution is -2.20. The van der Waals surface area contributed by atoms with Gasteiger partial charge in [0, 0.05) is 6.42 Å². The van der Waals surface area contributed by atoms with Crippen molar-refractivity contribution in [2.75, 3.05) is 19.7 Å². The van der Waals surface area contributed by atoms with Crippen molar-refractivity contribution in [3.63, 3.8) is 0 Å². The molecule has 1 saturated carbocycles. The van der Waals surface area contributed by atoms with E-state index >= 15 is 0 Å². The largest absolute Gasteiger partial charge is 0.466 e. The molecule has 0 aromatic carbocycles. The van der Waals surface area contributed by atoms with Gasteiger partial charge in [0.05, 0.1) is 6.61 Å². The molecule has 0 unspecified atom stereocenters. The van der Waals surface area contributed by atoms with Crippen molar-refractivity contribution in [3.05, 3.63) is 0 Å². The molecule has 112 valence electrons. The molecule has 0 aromatic heterocycles. The third-order valence-electron chi connectivity index (χ3n) is 5.21. The van der Waals surface area contributed by atoms with Gasteiger partial charge in [-0.05, 0) is 49.6 Å². The van der Waals surface area contributed by atoms with Crippen molar-refractivity contribution in [1.29, 1.82) is 0 Å². The van der Waals surface area contributed by atoms with Gasteiger partial charge in [0.25, 0.3) is 0 Å². The highest BCUT2D eigenvalue weighted by atomic mass is 16.5. The smallest absolute Gasteiger partial charge is 0.305 e. The van der Waals surface area contributed by atoms with Crippen LogP contribution in [0.3, 0.4) is 0 Å². The summed E-state index contributed by atoms with van der Waals surface area (Å²) in [6.45, 7) is 14.0. The summed E-state index contributed by atoms with van der Waals surface area (Å²) in [6, 6.07) is 0. The van der Waals surface area contributed by atoms with Crippen LogP contribution < -0.4 is 5.32 Å². The summed E-state index contributed by atoms with van der Waals surface area (Å²) >= 11 is 0. The highest BCUT2D eigenvalue weighted by Gasteiger charge is 2.63. The lowest BCUT2D eigenvalue weighted by molar-refractivity contribution is -0.143. The Labute approximate surface area is 118 Å². The Morgan fingerprint density at radius 3 is 2.26 bits per heavy atom. The molecule has 0 aromatic rings. The van der Waals surface area contributed by atoms with Gasteiger partial charge in [-0.3, -0.25) is 4.79 Å². The molecule has 3 heteroatoms. The van der Waals surface area contributed by atoms with Crippen molar-refractivity contribution < 1.29 is 9.53 Å². The highest BCUT2D eigenvalue weighted by molar-refractivity contribution is 5.69. The summed E-state index contributed by atoms with van der Waals surface area (Å²) in [5.74, 6) is 0.733. The Bertz CT molecular complexity index is 283. The fourth-order valence-corrected chi connectivity index (χ4v) is 3.02. The zero-order chi connectivity index (χ0) is 14.5. The molecule has 1 N–H and O–H groups in total. The fraction of sp³-hybridized carbons (Fsp3) is 0.938. The summed E-state index contributed by atoms with van der Waals surface area (Å²) in [5, 5.41) is 3.56. The van der Waals surface area contributed by atoms with Crippen LogP contribution in [-0.4, -0.2) is 25.7 Å². The quantitative estimate of drug-likeness (QED) is 0.515. The summed E-state index contributed by atoms with van der Waals surface area (Å²) in [7, 11) is 0. The van der Waals surface area contributed by atoms with E-state index in [1.54, 1.807) is 0 Å². The SMILES string of the molecule is CCOC(=O)CCCCCNCC1C(C)(C)C1(C)C. The van der Waals surface area contributed by atoms with Gasteiger partial charge in [-0.25, -0.2) is 0 Å². The molecule has 0 saturated heterocycles. The molecular weight excluding hydrogens is 238 g/mol. The molecule has 0 aliphatic heterocycles. The summed E-state index contributed by atoms with van der Waals surface area (Å²) in [6.07, 6.45) is 3.76. The van der Waals surface area contributed by atoms with Crippen LogP contribution in [0.15, 0.2) is 0 Å². The number of ether oxygens (including phenoxy) is 1. The zero-order valence-electron chi connectivity index (χ0n) is 13.3. The summed E-state index contributed by atoms with van der Waals surface area (Å²) in [5.41, 5.74) is 0.952. The molecule has 0 heterocycles. The van der Waals surface area contributed by atoms with E-state index in [0.717, 1.165) is 38.3 Å². The van der Waals surface area contributed by atoms with Gasteiger partial charge >= 0.3 is 5.97 Å². The standard InChI is InChI=1S/C16H31NO2/c1-6-19-14(18)10-8-7-9-11-17-12-13-15(2,3)16(13,4)5/h13,17H,6-12H2,1-5H3. The van der Waals surface area contributed by atoms with Crippen molar-refractivity contribution in [2.45, 2.75) is 60.3 Å². The normalized spacial score (nSPS) is 20.3. The van der Waals surface area contributed by atoms with Crippen molar-refractivity contribution >= 4 is 5.97 Å². The van der Waals surface area contributed by atoms with E-state index in [2.05, 4.69) is 33.0 Å². The number of hydrogen-bond donors (Lipinski definition) is 1. The second kappa shape index (κ2) is 6.74. The lowest BCUT2D eigenvalue weighted by Gasteiger charge is -2.06. The van der Waals surface area contributed by atoms with Crippen LogP contribution in [0.2, 0.25) is 0 Å². The molecule has 0 bridgehead atoms. The monoisotopic (exact) mass is 269 g/mol. The maximum absolute atomic E-state index is 11.1. The van der Waals surface area contributed by atoms with E-state index < -0.39 is 0 Å². The average Bonchev–Trinajstić information content (AvgIpc) is 2.70. The van der Waals surface area contributed by atoms with Crippen LogP contribution in [0.4, 0.5) is 0 Å². The first-order valence-corrected chi connectivity index (χ1v) is 7.70. The van der Waals surface area contributed by atoms with E-state index in [1.165, 1.54) is 0 Å². The van der Waals surface area contributed by atoms with E-state index in [4.69, 9.17) is 4.74 Å². The molecule has 1 aliphatic carbocycles. The van der Waals surface area contributed by atoms with Gasteiger partial charge in [0.1, 0.15) is 0 Å². The molecule has 3 nitrogen and oxygen atoms in total. The Hall–Kier alpha value is -0.570. The predicted octanol–water partition coefficient (Wildman–Crippen LogP) is 3.38. The van der Waals surface area contributed by atoms with Gasteiger partial charge in [0.2, 0.25) is 0 Å². The third-order valence-corrected chi connectivity index (χ3v) is 5.21. The van der Waals surface area contributed by atoms with E-state index in [0.29, 0.717) is 23.9 Å². The highest BCUT2D eigenvalue weighted by Crippen LogP contribution is 2.67. The van der Waals surface area contributed by atoms with Crippen molar-refractivity contribution in [2.24, 2.45) is 16.7 Å². The molecule has 0 atom stereocenters. The van der Waals surface area contributed by atoms with Gasteiger partial charge in [-0.15, -0.1) is 0 Å². The van der Waals surface area contributed by atoms with Gasteiger partial charge < -0.3 is 10.1 Å². The van der Waals surface area contributed by atoms with Gasteiger partial charge in [0.15, 0.2) is 0 Å².